The Morgan fingerprint density at radius 2 is 1.71 bits per heavy atom. The Morgan fingerprint density at radius 3 is 2.32 bits per heavy atom. The average Bonchev–Trinajstić information content (AvgIpc) is 2.67. The number of amides is 2. The second-order valence-electron chi connectivity index (χ2n) is 8.44. The van der Waals surface area contributed by atoms with Gasteiger partial charge in [-0.25, -0.2) is 4.79 Å². The summed E-state index contributed by atoms with van der Waals surface area (Å²) in [4.78, 5) is 28.7. The van der Waals surface area contributed by atoms with Crippen molar-refractivity contribution < 1.29 is 19.1 Å². The molecule has 0 aliphatic carbocycles. The van der Waals surface area contributed by atoms with E-state index in [-0.39, 0.29) is 18.5 Å². The van der Waals surface area contributed by atoms with Crippen molar-refractivity contribution in [1.82, 2.24) is 9.80 Å². The van der Waals surface area contributed by atoms with Crippen LogP contribution in [0.4, 0.5) is 4.79 Å². The summed E-state index contributed by atoms with van der Waals surface area (Å²) in [6.45, 7) is 7.99. The van der Waals surface area contributed by atoms with Gasteiger partial charge < -0.3 is 19.3 Å². The third kappa shape index (κ3) is 5.47. The number of ether oxygens (including phenoxy) is 2. The normalized spacial score (nSPS) is 21.5. The second kappa shape index (κ2) is 8.82. The Kier molecular flexibility index (Phi) is 6.65. The topological polar surface area (TPSA) is 59.1 Å². The third-order valence-corrected chi connectivity index (χ3v) is 5.67. The first kappa shape index (κ1) is 21.1. The Labute approximate surface area is 175 Å². The molecule has 0 radical (unpaired) electrons. The molecular weight excluding hydrogens is 424 g/mol. The molecule has 2 aliphatic heterocycles. The molecule has 0 saturated carbocycles. The molecular formula is C21H29BrN2O4. The number of carbonyl (C=O) groups is 2. The first-order chi connectivity index (χ1) is 13.2. The van der Waals surface area contributed by atoms with Crippen LogP contribution in [-0.4, -0.2) is 66.3 Å². The van der Waals surface area contributed by atoms with Gasteiger partial charge in [0.1, 0.15) is 5.60 Å². The zero-order chi connectivity index (χ0) is 20.3. The maximum atomic E-state index is 12.9. The van der Waals surface area contributed by atoms with Crippen molar-refractivity contribution in [2.24, 2.45) is 0 Å². The van der Waals surface area contributed by atoms with Crippen LogP contribution in [0.1, 0.15) is 45.1 Å². The van der Waals surface area contributed by atoms with Crippen LogP contribution in [0.2, 0.25) is 0 Å². The molecule has 2 amide bonds. The van der Waals surface area contributed by atoms with Crippen molar-refractivity contribution in [2.45, 2.75) is 51.2 Å². The van der Waals surface area contributed by atoms with Gasteiger partial charge in [-0.1, -0.05) is 28.1 Å². The highest BCUT2D eigenvalue weighted by Crippen LogP contribution is 2.29. The molecule has 2 heterocycles. The lowest BCUT2D eigenvalue weighted by molar-refractivity contribution is -0.149. The Morgan fingerprint density at radius 1 is 1.07 bits per heavy atom. The maximum absolute atomic E-state index is 12.9. The monoisotopic (exact) mass is 452 g/mol. The summed E-state index contributed by atoms with van der Waals surface area (Å²) in [6.07, 6.45) is 0.888. The number of halogens is 1. The minimum absolute atomic E-state index is 0.0254. The zero-order valence-electron chi connectivity index (χ0n) is 16.8. The summed E-state index contributed by atoms with van der Waals surface area (Å²) < 4.78 is 12.2. The van der Waals surface area contributed by atoms with Gasteiger partial charge in [-0.05, 0) is 57.2 Å². The SMILES string of the molecule is CC(C)(C)OC(=O)N1CCOC(C(=O)N2CCC(c3ccc(Br)cc3)CC2)C1. The van der Waals surface area contributed by atoms with E-state index in [4.69, 9.17) is 9.47 Å². The van der Waals surface area contributed by atoms with Gasteiger partial charge in [-0.2, -0.15) is 0 Å². The van der Waals surface area contributed by atoms with Gasteiger partial charge in [-0.3, -0.25) is 4.79 Å². The van der Waals surface area contributed by atoms with Gasteiger partial charge in [0, 0.05) is 24.1 Å². The third-order valence-electron chi connectivity index (χ3n) is 5.14. The molecule has 0 N–H and O–H groups in total. The van der Waals surface area contributed by atoms with Crippen LogP contribution >= 0.6 is 15.9 Å². The molecule has 28 heavy (non-hydrogen) atoms. The van der Waals surface area contributed by atoms with E-state index in [1.807, 2.05) is 25.7 Å². The van der Waals surface area contributed by atoms with Crippen LogP contribution in [0, 0.1) is 0 Å². The number of likely N-dealkylation sites (tertiary alicyclic amines) is 1. The van der Waals surface area contributed by atoms with Crippen LogP contribution in [0.15, 0.2) is 28.7 Å². The van der Waals surface area contributed by atoms with Crippen LogP contribution in [0.3, 0.4) is 0 Å². The molecule has 1 atom stereocenters. The zero-order valence-corrected chi connectivity index (χ0v) is 18.4. The molecule has 1 unspecified atom stereocenters. The number of hydrogen-bond acceptors (Lipinski definition) is 4. The van der Waals surface area contributed by atoms with Gasteiger partial charge in [0.15, 0.2) is 6.10 Å². The number of carbonyl (C=O) groups excluding carboxylic acids is 2. The van der Waals surface area contributed by atoms with Crippen molar-refractivity contribution in [1.29, 1.82) is 0 Å². The van der Waals surface area contributed by atoms with E-state index >= 15 is 0 Å². The number of nitrogens with zero attached hydrogens (tertiary/aromatic N) is 2. The largest absolute Gasteiger partial charge is 0.444 e. The fourth-order valence-corrected chi connectivity index (χ4v) is 3.93. The Bertz CT molecular complexity index is 693. The second-order valence-corrected chi connectivity index (χ2v) is 9.35. The van der Waals surface area contributed by atoms with E-state index in [1.165, 1.54) is 5.56 Å². The van der Waals surface area contributed by atoms with Crippen LogP contribution in [-0.2, 0) is 14.3 Å². The molecule has 0 bridgehead atoms. The van der Waals surface area contributed by atoms with Crippen molar-refractivity contribution in [2.75, 3.05) is 32.8 Å². The summed E-state index contributed by atoms with van der Waals surface area (Å²) in [5.74, 6) is 0.449. The highest BCUT2D eigenvalue weighted by molar-refractivity contribution is 9.10. The number of benzene rings is 1. The van der Waals surface area contributed by atoms with Gasteiger partial charge in [0.2, 0.25) is 0 Å². The highest BCUT2D eigenvalue weighted by atomic mass is 79.9. The van der Waals surface area contributed by atoms with E-state index < -0.39 is 11.7 Å². The molecule has 6 nitrogen and oxygen atoms in total. The standard InChI is InChI=1S/C21H29BrN2O4/c1-21(2,3)28-20(26)24-12-13-27-18(14-24)19(25)23-10-8-16(9-11-23)15-4-6-17(22)7-5-15/h4-7,16,18H,8-14H2,1-3H3. The Balaban J connectivity index is 1.53. The van der Waals surface area contributed by atoms with Crippen molar-refractivity contribution >= 4 is 27.9 Å². The smallest absolute Gasteiger partial charge is 0.410 e. The molecule has 0 spiro atoms. The van der Waals surface area contributed by atoms with Crippen LogP contribution in [0.25, 0.3) is 0 Å². The molecule has 2 aliphatic rings. The minimum atomic E-state index is -0.606. The lowest BCUT2D eigenvalue weighted by Gasteiger charge is -2.38. The first-order valence-corrected chi connectivity index (χ1v) is 10.7. The average molecular weight is 453 g/mol. The molecule has 2 fully saturated rings. The van der Waals surface area contributed by atoms with E-state index in [0.717, 1.165) is 17.3 Å². The summed E-state index contributed by atoms with van der Waals surface area (Å²) in [5.41, 5.74) is 0.768. The Hall–Kier alpha value is -1.60. The van der Waals surface area contributed by atoms with Gasteiger partial charge in [-0.15, -0.1) is 0 Å². The summed E-state index contributed by atoms with van der Waals surface area (Å²) in [5, 5.41) is 0. The number of rotatable bonds is 2. The molecule has 154 valence electrons. The summed E-state index contributed by atoms with van der Waals surface area (Å²) in [6, 6.07) is 8.42. The van der Waals surface area contributed by atoms with E-state index in [2.05, 4.69) is 40.2 Å². The van der Waals surface area contributed by atoms with E-state index in [9.17, 15) is 9.59 Å². The van der Waals surface area contributed by atoms with Crippen molar-refractivity contribution in [3.63, 3.8) is 0 Å². The lowest BCUT2D eigenvalue weighted by Crippen LogP contribution is -2.54. The van der Waals surface area contributed by atoms with Gasteiger partial charge in [0.05, 0.1) is 13.2 Å². The molecule has 1 aromatic rings. The molecule has 0 aromatic heterocycles. The molecule has 3 rings (SSSR count). The van der Waals surface area contributed by atoms with Gasteiger partial charge in [0.25, 0.3) is 5.91 Å². The van der Waals surface area contributed by atoms with Crippen LogP contribution < -0.4 is 0 Å². The number of piperidine rings is 1. The summed E-state index contributed by atoms with van der Waals surface area (Å²) in [7, 11) is 0. The fourth-order valence-electron chi connectivity index (χ4n) is 3.66. The lowest BCUT2D eigenvalue weighted by atomic mass is 9.89. The van der Waals surface area contributed by atoms with Crippen molar-refractivity contribution in [3.8, 4) is 0 Å². The van der Waals surface area contributed by atoms with Crippen LogP contribution in [0.5, 0.6) is 0 Å². The van der Waals surface area contributed by atoms with Gasteiger partial charge >= 0.3 is 6.09 Å². The summed E-state index contributed by atoms with van der Waals surface area (Å²) >= 11 is 3.47. The maximum Gasteiger partial charge on any atom is 0.410 e. The van der Waals surface area contributed by atoms with E-state index in [0.29, 0.717) is 32.2 Å². The minimum Gasteiger partial charge on any atom is -0.444 e. The quantitative estimate of drug-likeness (QED) is 0.684. The molecule has 2 saturated heterocycles. The fraction of sp³-hybridized carbons (Fsp3) is 0.619. The predicted octanol–water partition coefficient (Wildman–Crippen LogP) is 3.79. The van der Waals surface area contributed by atoms with E-state index in [1.54, 1.807) is 4.90 Å². The molecule has 1 aromatic carbocycles. The highest BCUT2D eigenvalue weighted by Gasteiger charge is 2.35. The molecule has 7 heteroatoms. The number of hydrogen-bond donors (Lipinski definition) is 0. The number of morpholine rings is 1. The first-order valence-electron chi connectivity index (χ1n) is 9.87. The predicted molar refractivity (Wildman–Crippen MR) is 110 cm³/mol. The van der Waals surface area contributed by atoms with Crippen molar-refractivity contribution in [3.05, 3.63) is 34.3 Å².